The molecule has 1 aliphatic rings. The first-order chi connectivity index (χ1) is 14.2. The summed E-state index contributed by atoms with van der Waals surface area (Å²) in [6, 6.07) is 18.7. The van der Waals surface area contributed by atoms with Gasteiger partial charge in [0.05, 0.1) is 6.54 Å². The van der Waals surface area contributed by atoms with Crippen molar-refractivity contribution in [3.05, 3.63) is 66.0 Å². The smallest absolute Gasteiger partial charge is 0.232 e. The average Bonchev–Trinajstić information content (AvgIpc) is 2.75. The van der Waals surface area contributed by atoms with E-state index in [1.165, 1.54) is 11.3 Å². The van der Waals surface area contributed by atoms with Gasteiger partial charge in [-0.15, -0.1) is 0 Å². The third-order valence-corrected chi connectivity index (χ3v) is 5.20. The maximum absolute atomic E-state index is 5.96. The average molecular weight is 390 g/mol. The molecule has 2 aromatic carbocycles. The van der Waals surface area contributed by atoms with E-state index in [1.807, 2.05) is 18.2 Å². The number of nitrogen functional groups attached to an aromatic ring is 1. The van der Waals surface area contributed by atoms with Crippen LogP contribution in [0.3, 0.4) is 0 Å². The van der Waals surface area contributed by atoms with Crippen LogP contribution in [0, 0.1) is 0 Å². The van der Waals surface area contributed by atoms with Crippen LogP contribution in [-0.4, -0.2) is 46.0 Å². The van der Waals surface area contributed by atoms with Crippen LogP contribution in [0.1, 0.15) is 18.3 Å². The molecule has 4 rings (SSSR count). The van der Waals surface area contributed by atoms with E-state index in [-0.39, 0.29) is 5.95 Å². The first-order valence-corrected chi connectivity index (χ1v) is 10.1. The minimum Gasteiger partial charge on any atom is -0.369 e. The molecule has 3 N–H and O–H groups in total. The van der Waals surface area contributed by atoms with E-state index in [0.717, 1.165) is 38.3 Å². The number of aromatic nitrogens is 3. The highest BCUT2D eigenvalue weighted by atomic mass is 15.3. The Bertz CT molecular complexity index is 937. The second kappa shape index (κ2) is 8.87. The lowest BCUT2D eigenvalue weighted by Gasteiger charge is -2.35. The van der Waals surface area contributed by atoms with E-state index in [4.69, 9.17) is 5.73 Å². The van der Waals surface area contributed by atoms with Gasteiger partial charge in [-0.05, 0) is 30.2 Å². The van der Waals surface area contributed by atoms with E-state index in [1.54, 1.807) is 0 Å². The van der Waals surface area contributed by atoms with Crippen LogP contribution < -0.4 is 16.0 Å². The Morgan fingerprint density at radius 1 is 0.897 bits per heavy atom. The zero-order valence-corrected chi connectivity index (χ0v) is 16.8. The van der Waals surface area contributed by atoms with E-state index >= 15 is 0 Å². The molecule has 2 heterocycles. The fraction of sp³-hybridized carbons (Fsp3) is 0.318. The van der Waals surface area contributed by atoms with E-state index in [9.17, 15) is 0 Å². The van der Waals surface area contributed by atoms with Crippen LogP contribution >= 0.6 is 0 Å². The first-order valence-electron chi connectivity index (χ1n) is 10.1. The lowest BCUT2D eigenvalue weighted by Crippen LogP contribution is -2.46. The van der Waals surface area contributed by atoms with Gasteiger partial charge in [-0.2, -0.15) is 15.0 Å². The standard InChI is InChI=1S/C22H27N7/c1-2-17-8-6-7-11-19(17)24-22-26-20(25-21(23)27-22)16-28-12-14-29(15-13-28)18-9-4-3-5-10-18/h3-11H,2,12-16H2,1H3,(H3,23,24,25,26,27). The summed E-state index contributed by atoms with van der Waals surface area (Å²) in [5, 5.41) is 3.30. The van der Waals surface area contributed by atoms with Gasteiger partial charge >= 0.3 is 0 Å². The van der Waals surface area contributed by atoms with Crippen molar-refractivity contribution >= 4 is 23.3 Å². The molecule has 0 radical (unpaired) electrons. The molecule has 0 bridgehead atoms. The molecule has 0 atom stereocenters. The first kappa shape index (κ1) is 19.1. The van der Waals surface area contributed by atoms with Gasteiger partial charge in [0.1, 0.15) is 5.82 Å². The van der Waals surface area contributed by atoms with Gasteiger partial charge in [0.25, 0.3) is 0 Å². The molecule has 1 aromatic heterocycles. The lowest BCUT2D eigenvalue weighted by molar-refractivity contribution is 0.244. The highest BCUT2D eigenvalue weighted by Gasteiger charge is 2.18. The molecule has 3 aromatic rings. The number of anilines is 4. The molecule has 29 heavy (non-hydrogen) atoms. The van der Waals surface area contributed by atoms with Crippen molar-refractivity contribution in [1.29, 1.82) is 0 Å². The zero-order chi connectivity index (χ0) is 20.1. The van der Waals surface area contributed by atoms with Crippen LogP contribution in [0.5, 0.6) is 0 Å². The molecule has 1 saturated heterocycles. The van der Waals surface area contributed by atoms with Crippen molar-refractivity contribution in [3.63, 3.8) is 0 Å². The van der Waals surface area contributed by atoms with E-state index in [2.05, 4.69) is 73.4 Å². The quantitative estimate of drug-likeness (QED) is 0.670. The maximum atomic E-state index is 5.96. The molecule has 1 aliphatic heterocycles. The molecule has 0 amide bonds. The van der Waals surface area contributed by atoms with Gasteiger partial charge in [-0.25, -0.2) is 0 Å². The number of hydrogen-bond donors (Lipinski definition) is 2. The van der Waals surface area contributed by atoms with Crippen LogP contribution in [0.25, 0.3) is 0 Å². The SMILES string of the molecule is CCc1ccccc1Nc1nc(N)nc(CN2CCN(c3ccccc3)CC2)n1. The molecule has 7 heteroatoms. The topological polar surface area (TPSA) is 83.2 Å². The molecule has 1 fully saturated rings. The fourth-order valence-electron chi connectivity index (χ4n) is 3.64. The van der Waals surface area contributed by atoms with Crippen molar-refractivity contribution in [1.82, 2.24) is 19.9 Å². The Hall–Kier alpha value is -3.19. The summed E-state index contributed by atoms with van der Waals surface area (Å²) in [5.74, 6) is 1.44. The third-order valence-electron chi connectivity index (χ3n) is 5.20. The van der Waals surface area contributed by atoms with Gasteiger partial charge in [0.15, 0.2) is 0 Å². The molecular formula is C22H27N7. The zero-order valence-electron chi connectivity index (χ0n) is 16.8. The monoisotopic (exact) mass is 389 g/mol. The summed E-state index contributed by atoms with van der Waals surface area (Å²) in [6.45, 7) is 6.69. The molecule has 7 nitrogen and oxygen atoms in total. The normalized spacial score (nSPS) is 14.7. The van der Waals surface area contributed by atoms with Crippen LogP contribution in [0.2, 0.25) is 0 Å². The number of nitrogens with two attached hydrogens (primary N) is 1. The number of rotatable bonds is 6. The van der Waals surface area contributed by atoms with E-state index in [0.29, 0.717) is 18.3 Å². The second-order valence-electron chi connectivity index (χ2n) is 7.17. The number of aryl methyl sites for hydroxylation is 1. The van der Waals surface area contributed by atoms with Gasteiger partial charge in [0.2, 0.25) is 11.9 Å². The van der Waals surface area contributed by atoms with Crippen molar-refractivity contribution in [2.24, 2.45) is 0 Å². The summed E-state index contributed by atoms with van der Waals surface area (Å²) >= 11 is 0. The Morgan fingerprint density at radius 3 is 2.38 bits per heavy atom. The highest BCUT2D eigenvalue weighted by Crippen LogP contribution is 2.20. The van der Waals surface area contributed by atoms with Crippen LogP contribution in [0.4, 0.5) is 23.3 Å². The molecule has 0 unspecified atom stereocenters. The van der Waals surface area contributed by atoms with Gasteiger partial charge in [-0.3, -0.25) is 4.90 Å². The molecule has 0 spiro atoms. The maximum Gasteiger partial charge on any atom is 0.232 e. The van der Waals surface area contributed by atoms with Gasteiger partial charge < -0.3 is 16.0 Å². The minimum absolute atomic E-state index is 0.245. The summed E-state index contributed by atoms with van der Waals surface area (Å²) in [6.07, 6.45) is 0.933. The molecule has 0 saturated carbocycles. The molecule has 150 valence electrons. The molecule has 0 aliphatic carbocycles. The Labute approximate surface area is 171 Å². The number of piperazine rings is 1. The molecular weight excluding hydrogens is 362 g/mol. The Morgan fingerprint density at radius 2 is 1.62 bits per heavy atom. The number of nitrogens with one attached hydrogen (secondary N) is 1. The van der Waals surface area contributed by atoms with E-state index < -0.39 is 0 Å². The summed E-state index contributed by atoms with van der Waals surface area (Å²) < 4.78 is 0. The van der Waals surface area contributed by atoms with Crippen molar-refractivity contribution in [3.8, 4) is 0 Å². The summed E-state index contributed by atoms with van der Waals surface area (Å²) in [4.78, 5) is 18.0. The number of para-hydroxylation sites is 2. The Kier molecular flexibility index (Phi) is 5.86. The van der Waals surface area contributed by atoms with Crippen molar-refractivity contribution < 1.29 is 0 Å². The summed E-state index contributed by atoms with van der Waals surface area (Å²) in [5.41, 5.74) is 9.45. The number of nitrogens with zero attached hydrogens (tertiary/aromatic N) is 5. The highest BCUT2D eigenvalue weighted by molar-refractivity contribution is 5.58. The minimum atomic E-state index is 0.245. The fourth-order valence-corrected chi connectivity index (χ4v) is 3.64. The third kappa shape index (κ3) is 4.81. The lowest BCUT2D eigenvalue weighted by atomic mass is 10.1. The van der Waals surface area contributed by atoms with Crippen LogP contribution in [0.15, 0.2) is 54.6 Å². The van der Waals surface area contributed by atoms with Crippen molar-refractivity contribution in [2.45, 2.75) is 19.9 Å². The predicted octanol–water partition coefficient (Wildman–Crippen LogP) is 3.08. The largest absolute Gasteiger partial charge is 0.369 e. The number of hydrogen-bond acceptors (Lipinski definition) is 7. The number of benzene rings is 2. The van der Waals surface area contributed by atoms with Gasteiger partial charge in [-0.1, -0.05) is 43.3 Å². The predicted molar refractivity (Wildman–Crippen MR) is 117 cm³/mol. The van der Waals surface area contributed by atoms with Gasteiger partial charge in [0, 0.05) is 37.6 Å². The Balaban J connectivity index is 1.41. The summed E-state index contributed by atoms with van der Waals surface area (Å²) in [7, 11) is 0. The van der Waals surface area contributed by atoms with Crippen molar-refractivity contribution in [2.75, 3.05) is 42.1 Å². The second-order valence-corrected chi connectivity index (χ2v) is 7.17. The van der Waals surface area contributed by atoms with Crippen LogP contribution in [-0.2, 0) is 13.0 Å².